The van der Waals surface area contributed by atoms with Crippen LogP contribution in [-0.2, 0) is 13.2 Å². The summed E-state index contributed by atoms with van der Waals surface area (Å²) in [6, 6.07) is 16.8. The molecule has 3 nitrogen and oxygen atoms in total. The Bertz CT molecular complexity index is 601. The number of hydrogen-bond donors (Lipinski definition) is 2. The topological polar surface area (TPSA) is 35.5 Å². The number of aliphatic hydroxyl groups excluding tert-OH is 1. The normalized spacial score (nSPS) is 15.3. The van der Waals surface area contributed by atoms with Crippen molar-refractivity contribution in [2.75, 3.05) is 23.3 Å². The second-order valence-corrected chi connectivity index (χ2v) is 6.24. The Balaban J connectivity index is 1.61. The van der Waals surface area contributed by atoms with E-state index >= 15 is 0 Å². The predicted molar refractivity (Wildman–Crippen MR) is 96.8 cm³/mol. The van der Waals surface area contributed by atoms with Gasteiger partial charge >= 0.3 is 0 Å². The smallest absolute Gasteiger partial charge is 0.0701 e. The zero-order chi connectivity index (χ0) is 15.9. The highest BCUT2D eigenvalue weighted by atomic mass is 16.3. The first-order chi connectivity index (χ1) is 11.4. The molecule has 0 unspecified atom stereocenters. The summed E-state index contributed by atoms with van der Waals surface area (Å²) in [5, 5.41) is 12.8. The van der Waals surface area contributed by atoms with Gasteiger partial charge < -0.3 is 15.3 Å². The molecule has 1 heterocycles. The van der Waals surface area contributed by atoms with Crippen molar-refractivity contribution in [2.45, 2.75) is 38.8 Å². The molecular weight excluding hydrogens is 284 g/mol. The third-order valence-corrected chi connectivity index (χ3v) is 4.58. The molecule has 0 bridgehead atoms. The van der Waals surface area contributed by atoms with E-state index in [1.165, 1.54) is 50.0 Å². The number of hydrogen-bond acceptors (Lipinski definition) is 3. The molecule has 0 radical (unpaired) electrons. The standard InChI is InChI=1S/C20H26N2O/c23-16-18-7-3-4-8-20(18)21-15-17-9-11-19(12-10-17)22-13-5-1-2-6-14-22/h3-4,7-12,21,23H,1-2,5-6,13-16H2. The second kappa shape index (κ2) is 8.02. The summed E-state index contributed by atoms with van der Waals surface area (Å²) in [7, 11) is 0. The molecule has 0 aromatic heterocycles. The number of anilines is 2. The fourth-order valence-electron chi connectivity index (χ4n) is 3.18. The van der Waals surface area contributed by atoms with Crippen LogP contribution in [0.15, 0.2) is 48.5 Å². The monoisotopic (exact) mass is 310 g/mol. The van der Waals surface area contributed by atoms with Gasteiger partial charge in [-0.3, -0.25) is 0 Å². The van der Waals surface area contributed by atoms with Gasteiger partial charge in [0.15, 0.2) is 0 Å². The summed E-state index contributed by atoms with van der Waals surface area (Å²) in [5.74, 6) is 0. The van der Waals surface area contributed by atoms with Crippen molar-refractivity contribution in [1.82, 2.24) is 0 Å². The van der Waals surface area contributed by atoms with Crippen molar-refractivity contribution < 1.29 is 5.11 Å². The number of aliphatic hydroxyl groups is 1. The first-order valence-electron chi connectivity index (χ1n) is 8.63. The maximum Gasteiger partial charge on any atom is 0.0701 e. The van der Waals surface area contributed by atoms with E-state index in [2.05, 4.69) is 34.5 Å². The lowest BCUT2D eigenvalue weighted by Gasteiger charge is -2.22. The maximum atomic E-state index is 9.37. The summed E-state index contributed by atoms with van der Waals surface area (Å²) in [6.45, 7) is 3.21. The van der Waals surface area contributed by atoms with Crippen molar-refractivity contribution in [3.05, 3.63) is 59.7 Å². The quantitative estimate of drug-likeness (QED) is 0.870. The summed E-state index contributed by atoms with van der Waals surface area (Å²) < 4.78 is 0. The highest BCUT2D eigenvalue weighted by Gasteiger charge is 2.09. The van der Waals surface area contributed by atoms with Crippen molar-refractivity contribution in [2.24, 2.45) is 0 Å². The molecule has 0 amide bonds. The number of nitrogens with zero attached hydrogens (tertiary/aromatic N) is 1. The van der Waals surface area contributed by atoms with Crippen LogP contribution in [0.1, 0.15) is 36.8 Å². The van der Waals surface area contributed by atoms with Crippen LogP contribution in [0.2, 0.25) is 0 Å². The van der Waals surface area contributed by atoms with Gasteiger partial charge in [-0.25, -0.2) is 0 Å². The molecule has 0 aliphatic carbocycles. The molecule has 1 saturated heterocycles. The van der Waals surface area contributed by atoms with Crippen LogP contribution >= 0.6 is 0 Å². The molecule has 0 atom stereocenters. The average Bonchev–Trinajstić information content (AvgIpc) is 2.90. The lowest BCUT2D eigenvalue weighted by Crippen LogP contribution is -2.23. The molecule has 1 aliphatic rings. The maximum absolute atomic E-state index is 9.37. The van der Waals surface area contributed by atoms with Crippen molar-refractivity contribution in [1.29, 1.82) is 0 Å². The first kappa shape index (κ1) is 15.9. The first-order valence-corrected chi connectivity index (χ1v) is 8.63. The Labute approximate surface area is 139 Å². The minimum atomic E-state index is 0.0665. The Kier molecular flexibility index (Phi) is 5.54. The van der Waals surface area contributed by atoms with E-state index in [1.807, 2.05) is 24.3 Å². The van der Waals surface area contributed by atoms with Crippen LogP contribution in [0.3, 0.4) is 0 Å². The van der Waals surface area contributed by atoms with E-state index in [0.717, 1.165) is 17.8 Å². The predicted octanol–water partition coefficient (Wildman–Crippen LogP) is 4.17. The van der Waals surface area contributed by atoms with E-state index in [9.17, 15) is 5.11 Å². The van der Waals surface area contributed by atoms with Gasteiger partial charge in [0.05, 0.1) is 6.61 Å². The molecule has 122 valence electrons. The SMILES string of the molecule is OCc1ccccc1NCc1ccc(N2CCCCCC2)cc1. The van der Waals surface area contributed by atoms with Crippen LogP contribution in [-0.4, -0.2) is 18.2 Å². The molecule has 3 heteroatoms. The largest absolute Gasteiger partial charge is 0.392 e. The van der Waals surface area contributed by atoms with Gasteiger partial charge in [-0.15, -0.1) is 0 Å². The molecule has 2 N–H and O–H groups in total. The van der Waals surface area contributed by atoms with Gasteiger partial charge in [0, 0.05) is 36.6 Å². The minimum absolute atomic E-state index is 0.0665. The zero-order valence-corrected chi connectivity index (χ0v) is 13.7. The van der Waals surface area contributed by atoms with Gasteiger partial charge in [-0.2, -0.15) is 0 Å². The minimum Gasteiger partial charge on any atom is -0.392 e. The molecule has 3 rings (SSSR count). The molecule has 1 aliphatic heterocycles. The van der Waals surface area contributed by atoms with E-state index in [0.29, 0.717) is 0 Å². The number of benzene rings is 2. The van der Waals surface area contributed by atoms with Gasteiger partial charge in [0.25, 0.3) is 0 Å². The van der Waals surface area contributed by atoms with Crippen LogP contribution in [0, 0.1) is 0 Å². The van der Waals surface area contributed by atoms with Gasteiger partial charge in [-0.05, 0) is 36.6 Å². The fourth-order valence-corrected chi connectivity index (χ4v) is 3.18. The lowest BCUT2D eigenvalue weighted by molar-refractivity contribution is 0.282. The second-order valence-electron chi connectivity index (χ2n) is 6.24. The molecule has 1 fully saturated rings. The third-order valence-electron chi connectivity index (χ3n) is 4.58. The lowest BCUT2D eigenvalue weighted by atomic mass is 10.1. The van der Waals surface area contributed by atoms with Crippen LogP contribution in [0.25, 0.3) is 0 Å². The zero-order valence-electron chi connectivity index (χ0n) is 13.7. The Morgan fingerprint density at radius 2 is 1.57 bits per heavy atom. The van der Waals surface area contributed by atoms with E-state index < -0.39 is 0 Å². The van der Waals surface area contributed by atoms with Crippen molar-refractivity contribution >= 4 is 11.4 Å². The Morgan fingerprint density at radius 1 is 0.870 bits per heavy atom. The Hall–Kier alpha value is -2.00. The third kappa shape index (κ3) is 4.26. The highest BCUT2D eigenvalue weighted by molar-refractivity contribution is 5.52. The van der Waals surface area contributed by atoms with E-state index in [-0.39, 0.29) is 6.61 Å². The number of para-hydroxylation sites is 1. The summed E-state index contributed by atoms with van der Waals surface area (Å²) >= 11 is 0. The molecule has 23 heavy (non-hydrogen) atoms. The average molecular weight is 310 g/mol. The molecule has 2 aromatic rings. The van der Waals surface area contributed by atoms with Gasteiger partial charge in [0.1, 0.15) is 0 Å². The summed E-state index contributed by atoms with van der Waals surface area (Å²) in [6.07, 6.45) is 5.34. The van der Waals surface area contributed by atoms with E-state index in [1.54, 1.807) is 0 Å². The summed E-state index contributed by atoms with van der Waals surface area (Å²) in [4.78, 5) is 2.51. The Morgan fingerprint density at radius 3 is 2.26 bits per heavy atom. The molecular formula is C20H26N2O. The van der Waals surface area contributed by atoms with Crippen LogP contribution in [0.5, 0.6) is 0 Å². The van der Waals surface area contributed by atoms with Crippen LogP contribution in [0.4, 0.5) is 11.4 Å². The number of rotatable bonds is 5. The molecule has 2 aromatic carbocycles. The van der Waals surface area contributed by atoms with E-state index in [4.69, 9.17) is 0 Å². The van der Waals surface area contributed by atoms with Gasteiger partial charge in [-0.1, -0.05) is 43.2 Å². The number of nitrogens with one attached hydrogen (secondary N) is 1. The molecule has 0 saturated carbocycles. The molecule has 0 spiro atoms. The highest BCUT2D eigenvalue weighted by Crippen LogP contribution is 2.21. The van der Waals surface area contributed by atoms with Crippen molar-refractivity contribution in [3.8, 4) is 0 Å². The summed E-state index contributed by atoms with van der Waals surface area (Å²) in [5.41, 5.74) is 4.54. The van der Waals surface area contributed by atoms with Gasteiger partial charge in [0.2, 0.25) is 0 Å². The fraction of sp³-hybridized carbons (Fsp3) is 0.400. The van der Waals surface area contributed by atoms with Crippen molar-refractivity contribution in [3.63, 3.8) is 0 Å². The van der Waals surface area contributed by atoms with Crippen LogP contribution < -0.4 is 10.2 Å².